The van der Waals surface area contributed by atoms with E-state index in [-0.39, 0.29) is 22.8 Å². The first-order chi connectivity index (χ1) is 10.8. The second-order valence-electron chi connectivity index (χ2n) is 6.58. The minimum atomic E-state index is -3.61. The summed E-state index contributed by atoms with van der Waals surface area (Å²) in [6, 6.07) is 2.81. The van der Waals surface area contributed by atoms with E-state index >= 15 is 0 Å². The molecule has 1 fully saturated rings. The first-order valence-electron chi connectivity index (χ1n) is 8.21. The Labute approximate surface area is 138 Å². The van der Waals surface area contributed by atoms with E-state index in [2.05, 4.69) is 19.2 Å². The number of carbonyl (C=O) groups is 1. The van der Waals surface area contributed by atoms with Crippen LogP contribution in [0.5, 0.6) is 0 Å². The summed E-state index contributed by atoms with van der Waals surface area (Å²) < 4.78 is 31.5. The van der Waals surface area contributed by atoms with Crippen LogP contribution in [0.4, 0.5) is 0 Å². The number of amides is 1. The number of nitrogens with one attached hydrogen (secondary N) is 1. The highest BCUT2D eigenvalue weighted by Crippen LogP contribution is 2.22. The van der Waals surface area contributed by atoms with Gasteiger partial charge in [-0.05, 0) is 50.7 Å². The molecule has 1 atom stereocenters. The van der Waals surface area contributed by atoms with Gasteiger partial charge in [0.05, 0.1) is 0 Å². The van der Waals surface area contributed by atoms with Crippen molar-refractivity contribution in [3.05, 3.63) is 17.9 Å². The average Bonchev–Trinajstić information content (AvgIpc) is 3.16. The molecule has 1 aromatic rings. The van der Waals surface area contributed by atoms with Crippen molar-refractivity contribution in [2.75, 3.05) is 13.1 Å². The predicted molar refractivity (Wildman–Crippen MR) is 87.7 cm³/mol. The van der Waals surface area contributed by atoms with E-state index in [0.717, 1.165) is 25.7 Å². The molecule has 1 aliphatic rings. The number of furan rings is 1. The Morgan fingerprint density at radius 1 is 1.22 bits per heavy atom. The summed E-state index contributed by atoms with van der Waals surface area (Å²) >= 11 is 0. The molecule has 7 heteroatoms. The molecule has 0 unspecified atom stereocenters. The van der Waals surface area contributed by atoms with Gasteiger partial charge in [-0.2, -0.15) is 4.31 Å². The van der Waals surface area contributed by atoms with Gasteiger partial charge < -0.3 is 9.73 Å². The molecule has 0 aromatic carbocycles. The van der Waals surface area contributed by atoms with Crippen molar-refractivity contribution in [1.82, 2.24) is 9.62 Å². The second-order valence-corrected chi connectivity index (χ2v) is 8.44. The third-order valence-electron chi connectivity index (χ3n) is 4.02. The SMILES string of the molecule is CC(C)CC[C@H](C)NC(=O)c1ccc(S(=O)(=O)N2CCCC2)o1. The Balaban J connectivity index is 1.99. The maximum Gasteiger partial charge on any atom is 0.287 e. The summed E-state index contributed by atoms with van der Waals surface area (Å²) in [6.45, 7) is 7.23. The summed E-state index contributed by atoms with van der Waals surface area (Å²) in [6.07, 6.45) is 3.62. The van der Waals surface area contributed by atoms with Crippen LogP contribution in [0.3, 0.4) is 0 Å². The Hall–Kier alpha value is -1.34. The van der Waals surface area contributed by atoms with Crippen molar-refractivity contribution in [3.8, 4) is 0 Å². The van der Waals surface area contributed by atoms with Crippen LogP contribution in [-0.4, -0.2) is 37.8 Å². The van der Waals surface area contributed by atoms with Crippen LogP contribution in [0.2, 0.25) is 0 Å². The number of hydrogen-bond acceptors (Lipinski definition) is 4. The van der Waals surface area contributed by atoms with Crippen LogP contribution in [0, 0.1) is 5.92 Å². The summed E-state index contributed by atoms with van der Waals surface area (Å²) in [5.41, 5.74) is 0. The zero-order valence-corrected chi connectivity index (χ0v) is 14.9. The molecule has 0 spiro atoms. The molecular formula is C16H26N2O4S. The van der Waals surface area contributed by atoms with Crippen LogP contribution in [0.15, 0.2) is 21.6 Å². The lowest BCUT2D eigenvalue weighted by Gasteiger charge is -2.14. The van der Waals surface area contributed by atoms with E-state index in [1.54, 1.807) is 0 Å². The molecule has 23 heavy (non-hydrogen) atoms. The number of hydrogen-bond donors (Lipinski definition) is 1. The maximum atomic E-state index is 12.4. The smallest absolute Gasteiger partial charge is 0.287 e. The standard InChI is InChI=1S/C16H26N2O4S/c1-12(2)6-7-13(3)17-16(19)14-8-9-15(22-14)23(20,21)18-10-4-5-11-18/h8-9,12-13H,4-7,10-11H2,1-3H3,(H,17,19)/t13-/m0/s1. The zero-order valence-electron chi connectivity index (χ0n) is 14.0. The predicted octanol–water partition coefficient (Wildman–Crippen LogP) is 2.62. The molecule has 1 aliphatic heterocycles. The summed E-state index contributed by atoms with van der Waals surface area (Å²) in [7, 11) is -3.61. The molecule has 2 rings (SSSR count). The molecule has 1 amide bonds. The fraction of sp³-hybridized carbons (Fsp3) is 0.688. The molecule has 0 aliphatic carbocycles. The molecule has 0 radical (unpaired) electrons. The van der Waals surface area contributed by atoms with E-state index in [9.17, 15) is 13.2 Å². The van der Waals surface area contributed by atoms with Gasteiger partial charge in [0.25, 0.3) is 15.9 Å². The van der Waals surface area contributed by atoms with Crippen LogP contribution in [-0.2, 0) is 10.0 Å². The molecule has 0 saturated carbocycles. The zero-order chi connectivity index (χ0) is 17.0. The second kappa shape index (κ2) is 7.49. The van der Waals surface area contributed by atoms with Gasteiger partial charge in [-0.25, -0.2) is 8.42 Å². The van der Waals surface area contributed by atoms with Crippen LogP contribution >= 0.6 is 0 Å². The third-order valence-corrected chi connectivity index (χ3v) is 5.79. The molecule has 130 valence electrons. The topological polar surface area (TPSA) is 79.6 Å². The van der Waals surface area contributed by atoms with E-state index in [4.69, 9.17) is 4.42 Å². The highest BCUT2D eigenvalue weighted by molar-refractivity contribution is 7.89. The lowest BCUT2D eigenvalue weighted by atomic mass is 10.0. The van der Waals surface area contributed by atoms with E-state index < -0.39 is 10.0 Å². The first-order valence-corrected chi connectivity index (χ1v) is 9.65. The van der Waals surface area contributed by atoms with E-state index in [1.807, 2.05) is 6.92 Å². The normalized spacial score (nSPS) is 17.6. The minimum Gasteiger partial charge on any atom is -0.438 e. The number of nitrogens with zero attached hydrogens (tertiary/aromatic N) is 1. The molecule has 1 N–H and O–H groups in total. The van der Waals surface area contributed by atoms with Gasteiger partial charge in [0.1, 0.15) is 0 Å². The van der Waals surface area contributed by atoms with E-state index in [1.165, 1.54) is 16.4 Å². The average molecular weight is 342 g/mol. The van der Waals surface area contributed by atoms with Crippen molar-refractivity contribution in [3.63, 3.8) is 0 Å². The monoisotopic (exact) mass is 342 g/mol. The van der Waals surface area contributed by atoms with Gasteiger partial charge in [-0.15, -0.1) is 0 Å². The van der Waals surface area contributed by atoms with Gasteiger partial charge in [-0.3, -0.25) is 4.79 Å². The quantitative estimate of drug-likeness (QED) is 0.826. The van der Waals surface area contributed by atoms with Gasteiger partial charge in [0.2, 0.25) is 5.09 Å². The first kappa shape index (κ1) is 18.0. The van der Waals surface area contributed by atoms with Gasteiger partial charge in [0, 0.05) is 19.1 Å². The Kier molecular flexibility index (Phi) is 5.86. The summed E-state index contributed by atoms with van der Waals surface area (Å²) in [5, 5.41) is 2.69. The minimum absolute atomic E-state index is 0.0219. The maximum absolute atomic E-state index is 12.4. The molecule has 0 bridgehead atoms. The summed E-state index contributed by atoms with van der Waals surface area (Å²) in [5.74, 6) is 0.249. The highest BCUT2D eigenvalue weighted by atomic mass is 32.2. The number of rotatable bonds is 7. The van der Waals surface area contributed by atoms with Gasteiger partial charge in [-0.1, -0.05) is 13.8 Å². The molecular weight excluding hydrogens is 316 g/mol. The number of carbonyl (C=O) groups excluding carboxylic acids is 1. The lowest BCUT2D eigenvalue weighted by Crippen LogP contribution is -2.32. The summed E-state index contributed by atoms with van der Waals surface area (Å²) in [4.78, 5) is 12.1. The van der Waals surface area contributed by atoms with Gasteiger partial charge in [0.15, 0.2) is 5.76 Å². The third kappa shape index (κ3) is 4.57. The largest absolute Gasteiger partial charge is 0.438 e. The Morgan fingerprint density at radius 2 is 1.87 bits per heavy atom. The molecule has 1 aromatic heterocycles. The number of sulfonamides is 1. The molecule has 6 nitrogen and oxygen atoms in total. The van der Waals surface area contributed by atoms with Gasteiger partial charge >= 0.3 is 0 Å². The highest BCUT2D eigenvalue weighted by Gasteiger charge is 2.30. The van der Waals surface area contributed by atoms with Crippen LogP contribution in [0.1, 0.15) is 57.0 Å². The van der Waals surface area contributed by atoms with Crippen LogP contribution < -0.4 is 5.32 Å². The van der Waals surface area contributed by atoms with Crippen molar-refractivity contribution < 1.29 is 17.6 Å². The van der Waals surface area contributed by atoms with Crippen molar-refractivity contribution in [2.45, 2.75) is 57.6 Å². The van der Waals surface area contributed by atoms with Crippen LogP contribution in [0.25, 0.3) is 0 Å². The Bertz CT molecular complexity index is 630. The van der Waals surface area contributed by atoms with E-state index in [0.29, 0.717) is 19.0 Å². The van der Waals surface area contributed by atoms with Crippen molar-refractivity contribution >= 4 is 15.9 Å². The van der Waals surface area contributed by atoms with Crippen molar-refractivity contribution in [1.29, 1.82) is 0 Å². The molecule has 1 saturated heterocycles. The fourth-order valence-electron chi connectivity index (χ4n) is 2.59. The van der Waals surface area contributed by atoms with Crippen molar-refractivity contribution in [2.24, 2.45) is 5.92 Å². The fourth-order valence-corrected chi connectivity index (χ4v) is 4.02. The Morgan fingerprint density at radius 3 is 2.48 bits per heavy atom. The molecule has 2 heterocycles. The lowest BCUT2D eigenvalue weighted by molar-refractivity contribution is 0.0903.